The van der Waals surface area contributed by atoms with Crippen LogP contribution >= 0.6 is 11.8 Å². The molecular weight excluding hydrogens is 308 g/mol. The molecule has 1 aromatic carbocycles. The normalized spacial score (nSPS) is 18.4. The molecule has 1 aromatic rings. The molecule has 2 unspecified atom stereocenters. The van der Waals surface area contributed by atoms with Gasteiger partial charge < -0.3 is 15.0 Å². The number of carbonyl (C=O) groups excluding carboxylic acids is 1. The number of hydrogen-bond acceptors (Lipinski definition) is 4. The van der Waals surface area contributed by atoms with Crippen molar-refractivity contribution in [2.24, 2.45) is 5.92 Å². The molecule has 0 aliphatic carbocycles. The fraction of sp³-hybridized carbons (Fsp3) is 0.611. The molecule has 5 heteroatoms. The van der Waals surface area contributed by atoms with Crippen LogP contribution in [-0.4, -0.2) is 42.5 Å². The van der Waals surface area contributed by atoms with Gasteiger partial charge in [-0.05, 0) is 44.9 Å². The highest BCUT2D eigenvalue weighted by molar-refractivity contribution is 7.99. The summed E-state index contributed by atoms with van der Waals surface area (Å²) in [6.45, 7) is 9.38. The number of benzene rings is 1. The van der Waals surface area contributed by atoms with Crippen molar-refractivity contribution in [2.45, 2.75) is 44.2 Å². The Bertz CT molecular complexity index is 542. The number of fused-ring (bicyclic) bond motifs is 1. The fourth-order valence-corrected chi connectivity index (χ4v) is 3.82. The summed E-state index contributed by atoms with van der Waals surface area (Å²) in [6.07, 6.45) is -0.258. The summed E-state index contributed by atoms with van der Waals surface area (Å²) in [5, 5.41) is 3.63. The third-order valence-electron chi connectivity index (χ3n) is 3.70. The number of thioether (sulfide) groups is 1. The minimum atomic E-state index is -0.447. The largest absolute Gasteiger partial charge is 0.444 e. The molecule has 23 heavy (non-hydrogen) atoms. The summed E-state index contributed by atoms with van der Waals surface area (Å²) in [5.74, 6) is 1.44. The Kier molecular flexibility index (Phi) is 5.98. The lowest BCUT2D eigenvalue weighted by Crippen LogP contribution is -2.39. The Morgan fingerprint density at radius 1 is 1.43 bits per heavy atom. The summed E-state index contributed by atoms with van der Waals surface area (Å²) in [4.78, 5) is 15.0. The van der Waals surface area contributed by atoms with Gasteiger partial charge in [-0.1, -0.05) is 25.1 Å². The van der Waals surface area contributed by atoms with Crippen LogP contribution in [0, 0.1) is 5.92 Å². The summed E-state index contributed by atoms with van der Waals surface area (Å²) in [6, 6.07) is 8.97. The van der Waals surface area contributed by atoms with E-state index in [1.165, 1.54) is 10.5 Å². The number of hydrogen-bond donors (Lipinski definition) is 1. The lowest BCUT2D eigenvalue weighted by atomic mass is 10.1. The first-order chi connectivity index (χ1) is 10.8. The number of nitrogens with zero attached hydrogens (tertiary/aromatic N) is 1. The van der Waals surface area contributed by atoms with E-state index in [0.29, 0.717) is 18.5 Å². The molecule has 0 saturated carbocycles. The second-order valence-electron chi connectivity index (χ2n) is 7.28. The minimum absolute atomic E-state index is 0.258. The van der Waals surface area contributed by atoms with Gasteiger partial charge in [0.05, 0.1) is 0 Å². The van der Waals surface area contributed by atoms with E-state index >= 15 is 0 Å². The number of carbonyl (C=O) groups is 1. The molecule has 0 bridgehead atoms. The van der Waals surface area contributed by atoms with Crippen LogP contribution in [0.2, 0.25) is 0 Å². The molecule has 128 valence electrons. The van der Waals surface area contributed by atoms with E-state index in [4.69, 9.17) is 4.74 Å². The summed E-state index contributed by atoms with van der Waals surface area (Å²) in [7, 11) is 1.80. The van der Waals surface area contributed by atoms with Crippen LogP contribution < -0.4 is 5.32 Å². The van der Waals surface area contributed by atoms with Gasteiger partial charge in [-0.2, -0.15) is 0 Å². The molecule has 0 radical (unpaired) electrons. The molecule has 1 amide bonds. The van der Waals surface area contributed by atoms with Gasteiger partial charge in [0, 0.05) is 30.3 Å². The van der Waals surface area contributed by atoms with Crippen molar-refractivity contribution >= 4 is 17.9 Å². The molecule has 1 N–H and O–H groups in total. The molecule has 0 fully saturated rings. The van der Waals surface area contributed by atoms with Crippen LogP contribution in [0.25, 0.3) is 0 Å². The zero-order valence-corrected chi connectivity index (χ0v) is 15.6. The second kappa shape index (κ2) is 7.58. The minimum Gasteiger partial charge on any atom is -0.444 e. The zero-order valence-electron chi connectivity index (χ0n) is 14.8. The molecule has 0 saturated heterocycles. The van der Waals surface area contributed by atoms with Crippen LogP contribution in [0.15, 0.2) is 29.2 Å². The Morgan fingerprint density at radius 3 is 2.83 bits per heavy atom. The van der Waals surface area contributed by atoms with Gasteiger partial charge in [-0.15, -0.1) is 11.8 Å². The van der Waals surface area contributed by atoms with Crippen molar-refractivity contribution in [1.29, 1.82) is 0 Å². The van der Waals surface area contributed by atoms with Gasteiger partial charge in [0.25, 0.3) is 0 Å². The summed E-state index contributed by atoms with van der Waals surface area (Å²) >= 11 is 1.91. The quantitative estimate of drug-likeness (QED) is 0.885. The van der Waals surface area contributed by atoms with E-state index in [0.717, 1.165) is 12.3 Å². The molecule has 0 aromatic heterocycles. The van der Waals surface area contributed by atoms with E-state index < -0.39 is 5.60 Å². The molecule has 1 aliphatic rings. The molecule has 4 nitrogen and oxygen atoms in total. The van der Waals surface area contributed by atoms with E-state index in [1.54, 1.807) is 11.9 Å². The highest BCUT2D eigenvalue weighted by atomic mass is 32.2. The fourth-order valence-electron chi connectivity index (χ4n) is 2.62. The van der Waals surface area contributed by atoms with Gasteiger partial charge in [-0.3, -0.25) is 0 Å². The Balaban J connectivity index is 1.77. The van der Waals surface area contributed by atoms with E-state index in [9.17, 15) is 4.79 Å². The SMILES string of the molecule is CC(CNC1CSc2ccccc21)CN(C)C(=O)OC(C)(C)C. The molecule has 1 aliphatic heterocycles. The highest BCUT2D eigenvalue weighted by Gasteiger charge is 2.24. The predicted octanol–water partition coefficient (Wildman–Crippen LogP) is 3.93. The molecular formula is C18H28N2O2S. The van der Waals surface area contributed by atoms with Crippen molar-refractivity contribution in [3.05, 3.63) is 29.8 Å². The van der Waals surface area contributed by atoms with Crippen LogP contribution in [0.3, 0.4) is 0 Å². The van der Waals surface area contributed by atoms with Crippen LogP contribution in [0.4, 0.5) is 4.79 Å². The number of rotatable bonds is 5. The Morgan fingerprint density at radius 2 is 2.13 bits per heavy atom. The molecule has 0 spiro atoms. The van der Waals surface area contributed by atoms with Crippen molar-refractivity contribution in [2.75, 3.05) is 25.9 Å². The molecule has 1 heterocycles. The first-order valence-electron chi connectivity index (χ1n) is 8.15. The third kappa shape index (κ3) is 5.43. The van der Waals surface area contributed by atoms with Crippen LogP contribution in [-0.2, 0) is 4.74 Å². The zero-order chi connectivity index (χ0) is 17.0. The van der Waals surface area contributed by atoms with Crippen LogP contribution in [0.5, 0.6) is 0 Å². The van der Waals surface area contributed by atoms with Crippen molar-refractivity contribution in [3.8, 4) is 0 Å². The van der Waals surface area contributed by atoms with Crippen molar-refractivity contribution < 1.29 is 9.53 Å². The predicted molar refractivity (Wildman–Crippen MR) is 95.9 cm³/mol. The number of amides is 1. The van der Waals surface area contributed by atoms with Gasteiger partial charge >= 0.3 is 6.09 Å². The van der Waals surface area contributed by atoms with Gasteiger partial charge in [0.15, 0.2) is 0 Å². The first-order valence-corrected chi connectivity index (χ1v) is 9.14. The van der Waals surface area contributed by atoms with Crippen LogP contribution in [0.1, 0.15) is 39.3 Å². The lowest BCUT2D eigenvalue weighted by Gasteiger charge is -2.27. The van der Waals surface area contributed by atoms with Gasteiger partial charge in [-0.25, -0.2) is 4.79 Å². The summed E-state index contributed by atoms with van der Waals surface area (Å²) < 4.78 is 5.39. The topological polar surface area (TPSA) is 41.6 Å². The average Bonchev–Trinajstić information content (AvgIpc) is 2.86. The number of nitrogens with one attached hydrogen (secondary N) is 1. The van der Waals surface area contributed by atoms with E-state index in [2.05, 4.69) is 36.5 Å². The Labute approximate surface area is 144 Å². The average molecular weight is 337 g/mol. The van der Waals surface area contributed by atoms with Gasteiger partial charge in [0.2, 0.25) is 0 Å². The highest BCUT2D eigenvalue weighted by Crippen LogP contribution is 2.37. The Hall–Kier alpha value is -1.20. The maximum absolute atomic E-state index is 12.0. The van der Waals surface area contributed by atoms with E-state index in [1.807, 2.05) is 32.5 Å². The monoisotopic (exact) mass is 336 g/mol. The second-order valence-corrected chi connectivity index (χ2v) is 8.34. The summed E-state index contributed by atoms with van der Waals surface area (Å²) in [5.41, 5.74) is 0.947. The third-order valence-corrected chi connectivity index (χ3v) is 4.89. The smallest absolute Gasteiger partial charge is 0.410 e. The van der Waals surface area contributed by atoms with E-state index in [-0.39, 0.29) is 6.09 Å². The molecule has 2 atom stereocenters. The maximum atomic E-state index is 12.0. The molecule has 2 rings (SSSR count). The van der Waals surface area contributed by atoms with Crippen molar-refractivity contribution in [1.82, 2.24) is 10.2 Å². The standard InChI is InChI=1S/C18H28N2O2S/c1-13(11-20(5)17(21)22-18(2,3)4)10-19-15-12-23-16-9-7-6-8-14(15)16/h6-9,13,15,19H,10-12H2,1-5H3. The first kappa shape index (κ1) is 18.1. The lowest BCUT2D eigenvalue weighted by molar-refractivity contribution is 0.0276. The maximum Gasteiger partial charge on any atom is 0.410 e. The van der Waals surface area contributed by atoms with Crippen molar-refractivity contribution in [3.63, 3.8) is 0 Å². The number of ether oxygens (including phenoxy) is 1. The van der Waals surface area contributed by atoms with Gasteiger partial charge in [0.1, 0.15) is 5.60 Å².